The monoisotopic (exact) mass is 314 g/mol. The topological polar surface area (TPSA) is 0 Å². The number of allylic oxidation sites excluding steroid dienone is 4. The minimum absolute atomic E-state index is 0.599. The van der Waals surface area contributed by atoms with Crippen LogP contribution in [0.25, 0.3) is 11.1 Å². The third kappa shape index (κ3) is 2.55. The average molecular weight is 314 g/mol. The molecule has 0 aromatic heterocycles. The van der Waals surface area contributed by atoms with Gasteiger partial charge in [-0.1, -0.05) is 74.5 Å². The maximum absolute atomic E-state index is 2.52. The van der Waals surface area contributed by atoms with E-state index in [0.29, 0.717) is 11.8 Å². The standard InChI is InChI=1S/C24H26/c1-3-17-15-19(23-11-7-5-9-21(17)23)13-14-20-16-18(4-2)22-10-6-8-12-24(20)22/h5-12,15-16,19-20H,3-4,13-14H2,1-2H3. The number of rotatable bonds is 5. The Morgan fingerprint density at radius 3 is 1.46 bits per heavy atom. The Morgan fingerprint density at radius 2 is 1.04 bits per heavy atom. The molecule has 2 aliphatic rings. The van der Waals surface area contributed by atoms with E-state index >= 15 is 0 Å². The quantitative estimate of drug-likeness (QED) is 0.560. The molecule has 0 radical (unpaired) electrons. The fourth-order valence-corrected chi connectivity index (χ4v) is 4.52. The van der Waals surface area contributed by atoms with Crippen molar-refractivity contribution in [3.8, 4) is 0 Å². The first-order valence-corrected chi connectivity index (χ1v) is 9.41. The van der Waals surface area contributed by atoms with E-state index in [1.54, 1.807) is 11.1 Å². The highest BCUT2D eigenvalue weighted by Gasteiger charge is 2.26. The van der Waals surface area contributed by atoms with Gasteiger partial charge < -0.3 is 0 Å². The average Bonchev–Trinajstić information content (AvgIpc) is 3.18. The predicted molar refractivity (Wildman–Crippen MR) is 104 cm³/mol. The minimum Gasteiger partial charge on any atom is -0.0732 e. The van der Waals surface area contributed by atoms with Crippen molar-refractivity contribution in [2.24, 2.45) is 0 Å². The molecule has 0 amide bonds. The summed E-state index contributed by atoms with van der Waals surface area (Å²) in [6.07, 6.45) is 9.81. The molecule has 0 heteroatoms. The Kier molecular flexibility index (Phi) is 4.14. The van der Waals surface area contributed by atoms with Gasteiger partial charge in [-0.2, -0.15) is 0 Å². The molecule has 2 aromatic carbocycles. The zero-order chi connectivity index (χ0) is 16.5. The van der Waals surface area contributed by atoms with E-state index in [2.05, 4.69) is 74.5 Å². The third-order valence-corrected chi connectivity index (χ3v) is 5.77. The Labute approximate surface area is 145 Å². The number of fused-ring (bicyclic) bond motifs is 2. The van der Waals surface area contributed by atoms with Crippen molar-refractivity contribution in [3.05, 3.63) is 82.9 Å². The lowest BCUT2D eigenvalue weighted by Gasteiger charge is -2.15. The summed E-state index contributed by atoms with van der Waals surface area (Å²) >= 11 is 0. The zero-order valence-corrected chi connectivity index (χ0v) is 14.8. The zero-order valence-electron chi connectivity index (χ0n) is 14.8. The molecule has 0 spiro atoms. The van der Waals surface area contributed by atoms with Crippen LogP contribution in [0.1, 0.15) is 73.6 Å². The van der Waals surface area contributed by atoms with E-state index < -0.39 is 0 Å². The predicted octanol–water partition coefficient (Wildman–Crippen LogP) is 6.95. The summed E-state index contributed by atoms with van der Waals surface area (Å²) in [5, 5.41) is 0. The van der Waals surface area contributed by atoms with Crippen molar-refractivity contribution < 1.29 is 0 Å². The van der Waals surface area contributed by atoms with E-state index in [-0.39, 0.29) is 0 Å². The van der Waals surface area contributed by atoms with Crippen LogP contribution in [0.4, 0.5) is 0 Å². The summed E-state index contributed by atoms with van der Waals surface area (Å²) in [6, 6.07) is 18.0. The van der Waals surface area contributed by atoms with Crippen LogP contribution in [-0.2, 0) is 0 Å². The molecule has 2 unspecified atom stereocenters. The second kappa shape index (κ2) is 6.43. The summed E-state index contributed by atoms with van der Waals surface area (Å²) < 4.78 is 0. The maximum Gasteiger partial charge on any atom is 0.00303 e. The molecule has 24 heavy (non-hydrogen) atoms. The summed E-state index contributed by atoms with van der Waals surface area (Å²) in [4.78, 5) is 0. The lowest BCUT2D eigenvalue weighted by Crippen LogP contribution is -1.98. The van der Waals surface area contributed by atoms with Gasteiger partial charge in [-0.25, -0.2) is 0 Å². The van der Waals surface area contributed by atoms with Gasteiger partial charge in [0.25, 0.3) is 0 Å². The molecule has 2 aliphatic carbocycles. The number of hydrogen-bond donors (Lipinski definition) is 0. The Hall–Kier alpha value is -2.08. The molecule has 0 heterocycles. The maximum atomic E-state index is 2.52. The molecule has 0 fully saturated rings. The van der Waals surface area contributed by atoms with Crippen LogP contribution in [-0.4, -0.2) is 0 Å². The van der Waals surface area contributed by atoms with Crippen LogP contribution in [0, 0.1) is 0 Å². The van der Waals surface area contributed by atoms with Crippen molar-refractivity contribution in [3.63, 3.8) is 0 Å². The molecule has 122 valence electrons. The molecule has 0 N–H and O–H groups in total. The first kappa shape index (κ1) is 15.4. The van der Waals surface area contributed by atoms with Gasteiger partial charge in [0.2, 0.25) is 0 Å². The van der Waals surface area contributed by atoms with Gasteiger partial charge in [0.05, 0.1) is 0 Å². The number of benzene rings is 2. The summed E-state index contributed by atoms with van der Waals surface area (Å²) in [5.41, 5.74) is 9.13. The molecule has 2 aromatic rings. The lowest BCUT2D eigenvalue weighted by atomic mass is 9.89. The molecular weight excluding hydrogens is 288 g/mol. The van der Waals surface area contributed by atoms with Gasteiger partial charge in [0, 0.05) is 11.8 Å². The molecule has 0 bridgehead atoms. The summed E-state index contributed by atoms with van der Waals surface area (Å²) in [5.74, 6) is 1.20. The Balaban J connectivity index is 1.55. The molecule has 4 rings (SSSR count). The highest BCUT2D eigenvalue weighted by molar-refractivity contribution is 5.75. The van der Waals surface area contributed by atoms with Crippen molar-refractivity contribution >= 4 is 11.1 Å². The van der Waals surface area contributed by atoms with Crippen LogP contribution in [0.3, 0.4) is 0 Å². The van der Waals surface area contributed by atoms with E-state index in [4.69, 9.17) is 0 Å². The SMILES string of the molecule is CCC1=CC(CCC2C=C(CC)c3ccccc32)c2ccccc21. The second-order valence-electron chi connectivity index (χ2n) is 7.06. The van der Waals surface area contributed by atoms with Crippen molar-refractivity contribution in [1.29, 1.82) is 0 Å². The molecule has 0 saturated carbocycles. The van der Waals surface area contributed by atoms with Crippen molar-refractivity contribution in [1.82, 2.24) is 0 Å². The van der Waals surface area contributed by atoms with Crippen molar-refractivity contribution in [2.75, 3.05) is 0 Å². The summed E-state index contributed by atoms with van der Waals surface area (Å²) in [7, 11) is 0. The Morgan fingerprint density at radius 1 is 0.625 bits per heavy atom. The molecule has 0 aliphatic heterocycles. The number of hydrogen-bond acceptors (Lipinski definition) is 0. The fraction of sp³-hybridized carbons (Fsp3) is 0.333. The van der Waals surface area contributed by atoms with Gasteiger partial charge >= 0.3 is 0 Å². The van der Waals surface area contributed by atoms with Crippen LogP contribution in [0.15, 0.2) is 60.7 Å². The van der Waals surface area contributed by atoms with Crippen LogP contribution in [0.5, 0.6) is 0 Å². The van der Waals surface area contributed by atoms with Crippen LogP contribution in [0.2, 0.25) is 0 Å². The van der Waals surface area contributed by atoms with Gasteiger partial charge in [0.1, 0.15) is 0 Å². The smallest absolute Gasteiger partial charge is 0.00303 e. The van der Waals surface area contributed by atoms with Gasteiger partial charge in [-0.15, -0.1) is 0 Å². The minimum atomic E-state index is 0.599. The first-order chi connectivity index (χ1) is 11.8. The van der Waals surface area contributed by atoms with Gasteiger partial charge in [0.15, 0.2) is 0 Å². The molecular formula is C24H26. The fourth-order valence-electron chi connectivity index (χ4n) is 4.52. The molecule has 0 nitrogen and oxygen atoms in total. The van der Waals surface area contributed by atoms with Crippen LogP contribution < -0.4 is 0 Å². The molecule has 0 saturated heterocycles. The summed E-state index contributed by atoms with van der Waals surface area (Å²) in [6.45, 7) is 4.54. The van der Waals surface area contributed by atoms with E-state index in [0.717, 1.165) is 12.8 Å². The van der Waals surface area contributed by atoms with E-state index in [1.807, 2.05) is 0 Å². The molecule has 2 atom stereocenters. The first-order valence-electron chi connectivity index (χ1n) is 9.41. The highest BCUT2D eigenvalue weighted by Crippen LogP contribution is 2.44. The van der Waals surface area contributed by atoms with E-state index in [9.17, 15) is 0 Å². The largest absolute Gasteiger partial charge is 0.0732 e. The van der Waals surface area contributed by atoms with Gasteiger partial charge in [-0.05, 0) is 59.1 Å². The van der Waals surface area contributed by atoms with Crippen LogP contribution >= 0.6 is 0 Å². The second-order valence-corrected chi connectivity index (χ2v) is 7.06. The normalized spacial score (nSPS) is 21.2. The van der Waals surface area contributed by atoms with Gasteiger partial charge in [-0.3, -0.25) is 0 Å². The highest BCUT2D eigenvalue weighted by atomic mass is 14.3. The Bertz CT molecular complexity index is 737. The van der Waals surface area contributed by atoms with E-state index in [1.165, 1.54) is 35.1 Å². The van der Waals surface area contributed by atoms with Crippen molar-refractivity contribution in [2.45, 2.75) is 51.4 Å². The lowest BCUT2D eigenvalue weighted by molar-refractivity contribution is 0.642. The third-order valence-electron chi connectivity index (χ3n) is 5.77.